The molecule has 0 unspecified atom stereocenters. The number of rotatable bonds is 13. The molecule has 2 aliphatic heterocycles. The van der Waals surface area contributed by atoms with Crippen LogP contribution in [0.15, 0.2) is 24.5 Å². The standard InChI is InChI=1S/C32H50FN7O3/c1-9-40(23(6)7)31(42)26-14-24(33)10-11-28(26)43-30-29(34-20-35-36-30)38-13-12-32(17-38)18-39(19-32)27(21(2)3)15-25(41)16-37(8)22(4)5/h10-11,14,20-23,25,27,41H,9,12-13,15-19H2,1-8H3/t25-,27+/m0/s1. The van der Waals surface area contributed by atoms with Crippen LogP contribution in [0.1, 0.15) is 71.7 Å². The number of halogens is 1. The van der Waals surface area contributed by atoms with Gasteiger partial charge < -0.3 is 24.5 Å². The summed E-state index contributed by atoms with van der Waals surface area (Å²) in [4.78, 5) is 26.4. The molecule has 1 spiro atoms. The number of carbonyl (C=O) groups is 1. The van der Waals surface area contributed by atoms with Gasteiger partial charge in [-0.25, -0.2) is 9.37 Å². The van der Waals surface area contributed by atoms with Gasteiger partial charge in [-0.2, -0.15) is 0 Å². The summed E-state index contributed by atoms with van der Waals surface area (Å²) in [6.45, 7) is 19.2. The van der Waals surface area contributed by atoms with Crippen molar-refractivity contribution in [2.24, 2.45) is 11.3 Å². The van der Waals surface area contributed by atoms with E-state index in [1.807, 2.05) is 20.8 Å². The summed E-state index contributed by atoms with van der Waals surface area (Å²) in [5, 5.41) is 19.0. The van der Waals surface area contributed by atoms with Crippen LogP contribution in [0.4, 0.5) is 10.2 Å². The molecule has 11 heteroatoms. The average Bonchev–Trinajstić information content (AvgIpc) is 3.38. The number of aromatic nitrogens is 3. The molecule has 0 bridgehead atoms. The van der Waals surface area contributed by atoms with Crippen molar-refractivity contribution in [2.75, 3.05) is 51.2 Å². The van der Waals surface area contributed by atoms with Gasteiger partial charge in [0.15, 0.2) is 5.82 Å². The molecule has 1 N–H and O–H groups in total. The number of benzene rings is 1. The molecule has 1 aromatic heterocycles. The first-order chi connectivity index (χ1) is 20.3. The van der Waals surface area contributed by atoms with Crippen molar-refractivity contribution in [3.8, 4) is 11.6 Å². The Morgan fingerprint density at radius 3 is 2.49 bits per heavy atom. The van der Waals surface area contributed by atoms with Crippen molar-refractivity contribution in [1.82, 2.24) is 29.9 Å². The third-order valence-electron chi connectivity index (χ3n) is 9.12. The highest BCUT2D eigenvalue weighted by Crippen LogP contribution is 2.44. The summed E-state index contributed by atoms with van der Waals surface area (Å²) in [5.74, 6) is 0.605. The number of hydrogen-bond acceptors (Lipinski definition) is 9. The Kier molecular flexibility index (Phi) is 10.6. The fraction of sp³-hybridized carbons (Fsp3) is 0.688. The average molecular weight is 600 g/mol. The van der Waals surface area contributed by atoms with Gasteiger partial charge in [-0.15, -0.1) is 10.2 Å². The summed E-state index contributed by atoms with van der Waals surface area (Å²) in [7, 11) is 2.06. The zero-order chi connectivity index (χ0) is 31.5. The van der Waals surface area contributed by atoms with Gasteiger partial charge in [0.2, 0.25) is 0 Å². The molecule has 43 heavy (non-hydrogen) atoms. The number of ether oxygens (including phenoxy) is 1. The number of amides is 1. The van der Waals surface area contributed by atoms with Crippen LogP contribution in [0.5, 0.6) is 11.6 Å². The lowest BCUT2D eigenvalue weighted by molar-refractivity contribution is -0.0487. The summed E-state index contributed by atoms with van der Waals surface area (Å²) >= 11 is 0. The highest BCUT2D eigenvalue weighted by molar-refractivity contribution is 5.97. The SMILES string of the molecule is CCN(C(=O)c1cc(F)ccc1Oc1nncnc1N1CCC2(C1)CN([C@H](C[C@H](O)CN(C)C(C)C)C(C)C)C2)C(C)C. The van der Waals surface area contributed by atoms with E-state index in [4.69, 9.17) is 4.74 Å². The fourth-order valence-corrected chi connectivity index (χ4v) is 6.47. The van der Waals surface area contributed by atoms with Crippen LogP contribution in [0.25, 0.3) is 0 Å². The van der Waals surface area contributed by atoms with E-state index in [0.717, 1.165) is 39.0 Å². The lowest BCUT2D eigenvalue weighted by Gasteiger charge is -2.53. The summed E-state index contributed by atoms with van der Waals surface area (Å²) in [6.07, 6.45) is 2.80. The van der Waals surface area contributed by atoms with E-state index in [2.05, 4.69) is 64.6 Å². The van der Waals surface area contributed by atoms with Crippen LogP contribution in [-0.4, -0.2) is 111 Å². The lowest BCUT2D eigenvalue weighted by atomic mass is 9.76. The van der Waals surface area contributed by atoms with Crippen LogP contribution >= 0.6 is 0 Å². The number of nitrogens with zero attached hydrogens (tertiary/aromatic N) is 7. The predicted molar refractivity (Wildman–Crippen MR) is 166 cm³/mol. The first-order valence-electron chi connectivity index (χ1n) is 15.7. The molecule has 0 radical (unpaired) electrons. The molecule has 2 saturated heterocycles. The van der Waals surface area contributed by atoms with Gasteiger partial charge in [0.05, 0.1) is 11.7 Å². The first kappa shape index (κ1) is 33.0. The Morgan fingerprint density at radius 1 is 1.14 bits per heavy atom. The molecule has 3 heterocycles. The third-order valence-corrected chi connectivity index (χ3v) is 9.12. The van der Waals surface area contributed by atoms with Gasteiger partial charge in [-0.1, -0.05) is 13.8 Å². The van der Waals surface area contributed by atoms with Gasteiger partial charge in [0.1, 0.15) is 17.9 Å². The second-order valence-corrected chi connectivity index (χ2v) is 13.3. The van der Waals surface area contributed by atoms with Gasteiger partial charge in [-0.05, 0) is 78.6 Å². The van der Waals surface area contributed by atoms with Crippen LogP contribution in [0.2, 0.25) is 0 Å². The molecule has 1 amide bonds. The summed E-state index contributed by atoms with van der Waals surface area (Å²) in [6, 6.07) is 4.61. The second kappa shape index (κ2) is 13.8. The molecule has 1 aromatic carbocycles. The van der Waals surface area contributed by atoms with Crippen molar-refractivity contribution in [2.45, 2.75) is 85.5 Å². The molecule has 2 atom stereocenters. The number of hydrogen-bond donors (Lipinski definition) is 1. The molecule has 0 saturated carbocycles. The molecular formula is C32H50FN7O3. The van der Waals surface area contributed by atoms with Crippen LogP contribution in [0.3, 0.4) is 0 Å². The third kappa shape index (κ3) is 7.61. The number of aliphatic hydroxyl groups is 1. The van der Waals surface area contributed by atoms with Crippen molar-refractivity contribution in [3.63, 3.8) is 0 Å². The van der Waals surface area contributed by atoms with Crippen LogP contribution in [0, 0.1) is 17.2 Å². The van der Waals surface area contributed by atoms with Crippen molar-refractivity contribution in [1.29, 1.82) is 0 Å². The second-order valence-electron chi connectivity index (χ2n) is 13.3. The maximum atomic E-state index is 14.3. The molecule has 0 aliphatic carbocycles. The number of likely N-dealkylation sites (tertiary alicyclic amines) is 1. The molecule has 4 rings (SSSR count). The molecule has 2 aliphatic rings. The summed E-state index contributed by atoms with van der Waals surface area (Å²) < 4.78 is 20.4. The number of carbonyl (C=O) groups excluding carboxylic acids is 1. The monoisotopic (exact) mass is 599 g/mol. The zero-order valence-electron chi connectivity index (χ0n) is 27.1. The van der Waals surface area contributed by atoms with Crippen molar-refractivity contribution in [3.05, 3.63) is 35.9 Å². The van der Waals surface area contributed by atoms with E-state index in [-0.39, 0.29) is 40.7 Å². The summed E-state index contributed by atoms with van der Waals surface area (Å²) in [5.41, 5.74) is 0.270. The fourth-order valence-electron chi connectivity index (χ4n) is 6.47. The minimum absolute atomic E-state index is 0.0508. The van der Waals surface area contributed by atoms with E-state index in [0.29, 0.717) is 36.9 Å². The van der Waals surface area contributed by atoms with E-state index in [9.17, 15) is 14.3 Å². The van der Waals surface area contributed by atoms with E-state index >= 15 is 0 Å². The van der Waals surface area contributed by atoms with E-state index < -0.39 is 5.82 Å². The Hall–Kier alpha value is -2.89. The largest absolute Gasteiger partial charge is 0.434 e. The maximum Gasteiger partial charge on any atom is 0.282 e. The Morgan fingerprint density at radius 2 is 1.86 bits per heavy atom. The Labute approximate surface area is 256 Å². The highest BCUT2D eigenvalue weighted by Gasteiger charge is 2.50. The minimum Gasteiger partial charge on any atom is -0.434 e. The Bertz CT molecular complexity index is 1240. The van der Waals surface area contributed by atoms with Crippen LogP contribution < -0.4 is 9.64 Å². The predicted octanol–water partition coefficient (Wildman–Crippen LogP) is 4.30. The minimum atomic E-state index is -0.511. The molecule has 10 nitrogen and oxygen atoms in total. The zero-order valence-corrected chi connectivity index (χ0v) is 27.1. The smallest absolute Gasteiger partial charge is 0.282 e. The maximum absolute atomic E-state index is 14.3. The molecule has 2 aromatic rings. The number of anilines is 1. The first-order valence-corrected chi connectivity index (χ1v) is 15.7. The Balaban J connectivity index is 1.45. The van der Waals surface area contributed by atoms with Gasteiger partial charge >= 0.3 is 0 Å². The highest BCUT2D eigenvalue weighted by atomic mass is 19.1. The number of likely N-dealkylation sites (N-methyl/N-ethyl adjacent to an activating group) is 1. The van der Waals surface area contributed by atoms with Gasteiger partial charge in [0.25, 0.3) is 11.8 Å². The number of aliphatic hydroxyl groups excluding tert-OH is 1. The van der Waals surface area contributed by atoms with Crippen molar-refractivity contribution < 1.29 is 19.0 Å². The molecule has 238 valence electrons. The molecular weight excluding hydrogens is 549 g/mol. The normalized spacial score (nSPS) is 18.1. The van der Waals surface area contributed by atoms with Crippen LogP contribution in [-0.2, 0) is 0 Å². The van der Waals surface area contributed by atoms with E-state index in [1.54, 1.807) is 4.90 Å². The lowest BCUT2D eigenvalue weighted by Crippen LogP contribution is -2.62. The van der Waals surface area contributed by atoms with Gasteiger partial charge in [0, 0.05) is 62.8 Å². The quantitative estimate of drug-likeness (QED) is 0.361. The topological polar surface area (TPSA) is 98.2 Å². The van der Waals surface area contributed by atoms with Gasteiger partial charge in [-0.3, -0.25) is 9.69 Å². The van der Waals surface area contributed by atoms with Crippen molar-refractivity contribution >= 4 is 11.7 Å². The van der Waals surface area contributed by atoms with E-state index in [1.165, 1.54) is 24.5 Å². The molecule has 2 fully saturated rings.